The van der Waals surface area contributed by atoms with Crippen LogP contribution in [-0.2, 0) is 9.47 Å². The van der Waals surface area contributed by atoms with Crippen LogP contribution >= 0.6 is 0 Å². The van der Waals surface area contributed by atoms with E-state index < -0.39 is 31.0 Å². The number of hydrogen-bond acceptors (Lipinski definition) is 5. The second kappa shape index (κ2) is 15.6. The van der Waals surface area contributed by atoms with Crippen molar-refractivity contribution in [2.24, 2.45) is 0 Å². The predicted molar refractivity (Wildman–Crippen MR) is 104 cm³/mol. The van der Waals surface area contributed by atoms with E-state index in [0.717, 1.165) is 12.8 Å². The highest BCUT2D eigenvalue weighted by atomic mass is 16.6. The monoisotopic (exact) mass is 372 g/mol. The molecule has 1 saturated heterocycles. The zero-order valence-electron chi connectivity index (χ0n) is 16.5. The van der Waals surface area contributed by atoms with Crippen LogP contribution in [0.4, 0.5) is 0 Å². The number of rotatable bonds is 16. The van der Waals surface area contributed by atoms with Crippen LogP contribution in [0, 0.1) is 0 Å². The largest absolute Gasteiger partial charge is 0.394 e. The molecule has 1 heterocycles. The first-order valence-electron chi connectivity index (χ1n) is 10.6. The van der Waals surface area contributed by atoms with Crippen molar-refractivity contribution in [1.29, 1.82) is 0 Å². The first-order chi connectivity index (χ1) is 12.7. The van der Waals surface area contributed by atoms with Crippen molar-refractivity contribution in [2.75, 3.05) is 19.8 Å². The molecule has 0 spiro atoms. The summed E-state index contributed by atoms with van der Waals surface area (Å²) in [6.07, 6.45) is 15.2. The lowest BCUT2D eigenvalue weighted by Crippen LogP contribution is -2.41. The molecule has 0 bridgehead atoms. The summed E-state index contributed by atoms with van der Waals surface area (Å²) in [7, 11) is 0. The third-order valence-electron chi connectivity index (χ3n) is 4.96. The van der Waals surface area contributed by atoms with Gasteiger partial charge in [-0.1, -0.05) is 64.0 Å². The molecule has 1 fully saturated rings. The summed E-state index contributed by atoms with van der Waals surface area (Å²) in [6, 6.07) is 0. The lowest BCUT2D eigenvalue weighted by atomic mass is 10.1. The maximum atomic E-state index is 10.0. The molecular formula is C21H40O5. The summed E-state index contributed by atoms with van der Waals surface area (Å²) >= 11 is 0. The van der Waals surface area contributed by atoms with E-state index in [1.807, 2.05) is 0 Å². The molecule has 1 rings (SSSR count). The lowest BCUT2D eigenvalue weighted by molar-refractivity contribution is -0.0730. The zero-order chi connectivity index (χ0) is 19.0. The maximum Gasteiger partial charge on any atom is 0.114 e. The molecule has 0 radical (unpaired) electrons. The van der Waals surface area contributed by atoms with E-state index in [9.17, 15) is 10.2 Å². The normalized spacial score (nSPS) is 24.5. The summed E-state index contributed by atoms with van der Waals surface area (Å²) in [4.78, 5) is 0. The van der Waals surface area contributed by atoms with E-state index in [1.54, 1.807) is 0 Å². The van der Waals surface area contributed by atoms with Crippen LogP contribution in [0.5, 0.6) is 0 Å². The van der Waals surface area contributed by atoms with Crippen molar-refractivity contribution in [3.8, 4) is 0 Å². The minimum Gasteiger partial charge on any atom is -0.394 e. The first kappa shape index (κ1) is 23.6. The predicted octanol–water partition coefficient (Wildman–Crippen LogP) is 3.35. The standard InChI is InChI=1S/C21H40O5/c1-2-3-4-5-6-7-8-9-10-11-12-13-14-15-25-19-17-26-21(20(19)24)18(23)16-22/h4-5,18-24H,2-3,6-17H2,1H3/b5-4+/t18-,19+,20+,21+/m1/s1. The van der Waals surface area contributed by atoms with Crippen molar-refractivity contribution in [2.45, 2.75) is 102 Å². The zero-order valence-corrected chi connectivity index (χ0v) is 16.5. The molecule has 5 heteroatoms. The van der Waals surface area contributed by atoms with Crippen molar-refractivity contribution in [3.05, 3.63) is 12.2 Å². The Morgan fingerprint density at radius 3 is 2.27 bits per heavy atom. The Hall–Kier alpha value is -0.460. The molecule has 3 N–H and O–H groups in total. The molecule has 26 heavy (non-hydrogen) atoms. The Morgan fingerprint density at radius 2 is 1.62 bits per heavy atom. The minimum atomic E-state index is -1.05. The Bertz CT molecular complexity index is 347. The fraction of sp³-hybridized carbons (Fsp3) is 0.905. The molecule has 0 aromatic carbocycles. The van der Waals surface area contributed by atoms with Gasteiger partial charge < -0.3 is 24.8 Å². The van der Waals surface area contributed by atoms with Crippen LogP contribution in [0.1, 0.15) is 77.6 Å². The van der Waals surface area contributed by atoms with Crippen LogP contribution in [0.25, 0.3) is 0 Å². The summed E-state index contributed by atoms with van der Waals surface area (Å²) in [5.74, 6) is 0. The van der Waals surface area contributed by atoms with E-state index in [-0.39, 0.29) is 6.61 Å². The fourth-order valence-electron chi connectivity index (χ4n) is 3.27. The van der Waals surface area contributed by atoms with Crippen LogP contribution in [0.3, 0.4) is 0 Å². The fourth-order valence-corrected chi connectivity index (χ4v) is 3.27. The van der Waals surface area contributed by atoms with E-state index >= 15 is 0 Å². The highest BCUT2D eigenvalue weighted by Crippen LogP contribution is 2.20. The first-order valence-corrected chi connectivity index (χ1v) is 10.6. The molecule has 1 aliphatic heterocycles. The minimum absolute atomic E-state index is 0.274. The van der Waals surface area contributed by atoms with Gasteiger partial charge in [0.1, 0.15) is 24.4 Å². The highest BCUT2D eigenvalue weighted by Gasteiger charge is 2.40. The number of ether oxygens (including phenoxy) is 2. The van der Waals surface area contributed by atoms with Gasteiger partial charge in [0.25, 0.3) is 0 Å². The number of aliphatic hydroxyl groups excluding tert-OH is 3. The van der Waals surface area contributed by atoms with Crippen molar-refractivity contribution < 1.29 is 24.8 Å². The van der Waals surface area contributed by atoms with E-state index in [1.165, 1.54) is 57.8 Å². The number of allylic oxidation sites excluding steroid dienone is 2. The van der Waals surface area contributed by atoms with E-state index in [0.29, 0.717) is 6.61 Å². The van der Waals surface area contributed by atoms with Crippen molar-refractivity contribution in [1.82, 2.24) is 0 Å². The molecule has 0 aliphatic carbocycles. The van der Waals surface area contributed by atoms with Gasteiger partial charge >= 0.3 is 0 Å². The quantitative estimate of drug-likeness (QED) is 0.286. The Balaban J connectivity index is 1.87. The average molecular weight is 373 g/mol. The van der Waals surface area contributed by atoms with Gasteiger partial charge in [0.15, 0.2) is 0 Å². The third-order valence-corrected chi connectivity index (χ3v) is 4.96. The second-order valence-electron chi connectivity index (χ2n) is 7.32. The number of unbranched alkanes of at least 4 members (excludes halogenated alkanes) is 9. The molecule has 0 aromatic rings. The van der Waals surface area contributed by atoms with Gasteiger partial charge in [0, 0.05) is 6.61 Å². The topological polar surface area (TPSA) is 79.2 Å². The van der Waals surface area contributed by atoms with Gasteiger partial charge in [0.2, 0.25) is 0 Å². The van der Waals surface area contributed by atoms with E-state index in [4.69, 9.17) is 14.6 Å². The van der Waals surface area contributed by atoms with Crippen LogP contribution in [0.2, 0.25) is 0 Å². The van der Waals surface area contributed by atoms with Crippen LogP contribution < -0.4 is 0 Å². The number of aliphatic hydroxyl groups is 3. The Morgan fingerprint density at radius 1 is 1.00 bits per heavy atom. The van der Waals surface area contributed by atoms with Gasteiger partial charge in [-0.25, -0.2) is 0 Å². The summed E-state index contributed by atoms with van der Waals surface area (Å²) in [5.41, 5.74) is 0. The van der Waals surface area contributed by atoms with Gasteiger partial charge in [0.05, 0.1) is 13.2 Å². The Kier molecular flexibility index (Phi) is 14.1. The van der Waals surface area contributed by atoms with Crippen molar-refractivity contribution >= 4 is 0 Å². The molecule has 0 saturated carbocycles. The molecule has 4 atom stereocenters. The maximum absolute atomic E-state index is 10.0. The molecule has 0 amide bonds. The molecule has 154 valence electrons. The smallest absolute Gasteiger partial charge is 0.114 e. The highest BCUT2D eigenvalue weighted by molar-refractivity contribution is 4.88. The molecule has 5 nitrogen and oxygen atoms in total. The number of hydrogen-bond donors (Lipinski definition) is 3. The van der Waals surface area contributed by atoms with Gasteiger partial charge in [-0.3, -0.25) is 0 Å². The lowest BCUT2D eigenvalue weighted by Gasteiger charge is -2.20. The van der Waals surface area contributed by atoms with Crippen LogP contribution in [0.15, 0.2) is 12.2 Å². The van der Waals surface area contributed by atoms with Crippen molar-refractivity contribution in [3.63, 3.8) is 0 Å². The van der Waals surface area contributed by atoms with E-state index in [2.05, 4.69) is 19.1 Å². The Labute approximate surface area is 159 Å². The van der Waals surface area contributed by atoms with Gasteiger partial charge in [-0.15, -0.1) is 0 Å². The molecule has 1 aliphatic rings. The molecule has 0 aromatic heterocycles. The SMILES string of the molecule is CCC/C=C/CCCCCCCCCCO[C@H]1CO[C@@H]([C@H](O)CO)[C@H]1O. The summed E-state index contributed by atoms with van der Waals surface area (Å²) in [5, 5.41) is 28.5. The summed E-state index contributed by atoms with van der Waals surface area (Å²) < 4.78 is 11.0. The average Bonchev–Trinajstić information content (AvgIpc) is 3.02. The van der Waals surface area contributed by atoms with Gasteiger partial charge in [-0.05, 0) is 25.7 Å². The summed E-state index contributed by atoms with van der Waals surface area (Å²) in [6.45, 7) is 2.68. The third kappa shape index (κ3) is 10.0. The second-order valence-corrected chi connectivity index (χ2v) is 7.32. The van der Waals surface area contributed by atoms with Gasteiger partial charge in [-0.2, -0.15) is 0 Å². The van der Waals surface area contributed by atoms with Crippen LogP contribution in [-0.4, -0.2) is 59.6 Å². The molecule has 0 unspecified atom stereocenters. The molecular weight excluding hydrogens is 332 g/mol.